The molecule has 2 aromatic carbocycles. The second-order valence-electron chi connectivity index (χ2n) is 8.42. The number of nitrogens with one attached hydrogen (secondary N) is 1. The Hall–Kier alpha value is -3.08. The number of ether oxygens (including phenoxy) is 2. The number of alkyl halides is 5. The first-order chi connectivity index (χ1) is 16.4. The molecule has 0 amide bonds. The van der Waals surface area contributed by atoms with Gasteiger partial charge in [-0.05, 0) is 31.9 Å². The van der Waals surface area contributed by atoms with Crippen LogP contribution in [-0.2, 0) is 23.4 Å². The predicted molar refractivity (Wildman–Crippen MR) is 117 cm³/mol. The van der Waals surface area contributed by atoms with Crippen molar-refractivity contribution in [1.29, 1.82) is 0 Å². The van der Waals surface area contributed by atoms with Crippen molar-refractivity contribution in [1.82, 2.24) is 9.97 Å². The zero-order valence-corrected chi connectivity index (χ0v) is 19.0. The molecule has 1 saturated carbocycles. The predicted octanol–water partition coefficient (Wildman–Crippen LogP) is 6.38. The first kappa shape index (κ1) is 25.0. The Morgan fingerprint density at radius 2 is 1.77 bits per heavy atom. The van der Waals surface area contributed by atoms with Gasteiger partial charge in [0.1, 0.15) is 29.8 Å². The maximum absolute atomic E-state index is 14.6. The Morgan fingerprint density at radius 3 is 2.43 bits per heavy atom. The molecular formula is C24H23F6N3O2. The van der Waals surface area contributed by atoms with Crippen molar-refractivity contribution in [3.8, 4) is 5.75 Å². The third-order valence-electron chi connectivity index (χ3n) is 5.43. The zero-order chi connectivity index (χ0) is 25.4. The van der Waals surface area contributed by atoms with Gasteiger partial charge in [-0.3, -0.25) is 0 Å². The summed E-state index contributed by atoms with van der Waals surface area (Å²) in [5.41, 5.74) is -1.79. The van der Waals surface area contributed by atoms with E-state index in [2.05, 4.69) is 15.3 Å². The lowest BCUT2D eigenvalue weighted by Crippen LogP contribution is -2.14. The fourth-order valence-electron chi connectivity index (χ4n) is 3.58. The van der Waals surface area contributed by atoms with Gasteiger partial charge < -0.3 is 14.8 Å². The molecule has 1 aliphatic carbocycles. The van der Waals surface area contributed by atoms with Crippen molar-refractivity contribution in [2.75, 3.05) is 18.5 Å². The molecule has 1 aromatic heterocycles. The van der Waals surface area contributed by atoms with E-state index in [0.29, 0.717) is 6.92 Å². The SMILES string of the molecule is Cc1nc(NCc2cccc(C(C)(F)F)c2F)c2cc(OCCOC3CC3)c(C(F)(F)F)cc2n1. The van der Waals surface area contributed by atoms with E-state index in [4.69, 9.17) is 9.47 Å². The molecule has 0 saturated heterocycles. The molecule has 0 bridgehead atoms. The number of fused-ring (bicyclic) bond motifs is 1. The van der Waals surface area contributed by atoms with Crippen LogP contribution in [0.2, 0.25) is 0 Å². The van der Waals surface area contributed by atoms with E-state index < -0.39 is 34.8 Å². The van der Waals surface area contributed by atoms with E-state index in [0.717, 1.165) is 25.0 Å². The smallest absolute Gasteiger partial charge is 0.420 e. The number of hydrogen-bond donors (Lipinski definition) is 1. The number of anilines is 1. The first-order valence-corrected chi connectivity index (χ1v) is 11.0. The minimum absolute atomic E-state index is 0.00298. The maximum atomic E-state index is 14.6. The number of aryl methyl sites for hydroxylation is 1. The molecule has 1 aliphatic rings. The van der Waals surface area contributed by atoms with Crippen LogP contribution in [0.5, 0.6) is 5.75 Å². The topological polar surface area (TPSA) is 56.3 Å². The van der Waals surface area contributed by atoms with Gasteiger partial charge in [0.25, 0.3) is 5.92 Å². The highest BCUT2D eigenvalue weighted by Crippen LogP contribution is 2.40. The Bertz CT molecular complexity index is 1220. The molecule has 1 N–H and O–H groups in total. The standard InChI is InChI=1S/C24H23F6N3O2/c1-13-32-19-11-18(24(28,29)30)20(35-9-8-34-15-6-7-15)10-16(19)22(33-13)31-12-14-4-3-5-17(21(14)25)23(2,26)27/h3-5,10-11,15H,6-9,12H2,1-2H3,(H,31,32,33). The number of aromatic nitrogens is 2. The van der Waals surface area contributed by atoms with Crippen molar-refractivity contribution < 1.29 is 35.8 Å². The Kier molecular flexibility index (Phi) is 6.81. The van der Waals surface area contributed by atoms with Gasteiger partial charge in [0.05, 0.1) is 29.4 Å². The summed E-state index contributed by atoms with van der Waals surface area (Å²) >= 11 is 0. The molecule has 11 heteroatoms. The lowest BCUT2D eigenvalue weighted by atomic mass is 10.0. The summed E-state index contributed by atoms with van der Waals surface area (Å²) < 4.78 is 93.9. The van der Waals surface area contributed by atoms with Crippen molar-refractivity contribution in [3.63, 3.8) is 0 Å². The van der Waals surface area contributed by atoms with Crippen molar-refractivity contribution in [3.05, 3.63) is 58.7 Å². The van der Waals surface area contributed by atoms with E-state index >= 15 is 0 Å². The van der Waals surface area contributed by atoms with E-state index in [1.54, 1.807) is 0 Å². The average molecular weight is 499 g/mol. The molecule has 1 fully saturated rings. The number of rotatable bonds is 9. The van der Waals surface area contributed by atoms with E-state index in [1.165, 1.54) is 25.1 Å². The summed E-state index contributed by atoms with van der Waals surface area (Å²) in [7, 11) is 0. The lowest BCUT2D eigenvalue weighted by Gasteiger charge is -2.17. The average Bonchev–Trinajstić information content (AvgIpc) is 3.58. The number of benzene rings is 2. The van der Waals surface area contributed by atoms with Crippen molar-refractivity contribution >= 4 is 16.7 Å². The number of halogens is 6. The second-order valence-corrected chi connectivity index (χ2v) is 8.42. The van der Waals surface area contributed by atoms with Crippen LogP contribution in [0, 0.1) is 12.7 Å². The summed E-state index contributed by atoms with van der Waals surface area (Å²) in [5, 5.41) is 3.05. The minimum atomic E-state index is -4.69. The molecule has 0 aliphatic heterocycles. The highest BCUT2D eigenvalue weighted by atomic mass is 19.4. The van der Waals surface area contributed by atoms with Gasteiger partial charge in [0.2, 0.25) is 0 Å². The van der Waals surface area contributed by atoms with Crippen LogP contribution < -0.4 is 10.1 Å². The first-order valence-electron chi connectivity index (χ1n) is 11.0. The summed E-state index contributed by atoms with van der Waals surface area (Å²) in [6.45, 7) is 1.93. The Balaban J connectivity index is 1.65. The van der Waals surface area contributed by atoms with Crippen molar-refractivity contribution in [2.45, 2.75) is 51.4 Å². The molecule has 5 nitrogen and oxygen atoms in total. The van der Waals surface area contributed by atoms with Gasteiger partial charge in [-0.15, -0.1) is 0 Å². The van der Waals surface area contributed by atoms with Gasteiger partial charge in [0.15, 0.2) is 0 Å². The molecule has 0 unspecified atom stereocenters. The van der Waals surface area contributed by atoms with E-state index in [9.17, 15) is 26.3 Å². The van der Waals surface area contributed by atoms with Gasteiger partial charge in [0, 0.05) is 24.4 Å². The minimum Gasteiger partial charge on any atom is -0.491 e. The Labute approximate surface area is 197 Å². The largest absolute Gasteiger partial charge is 0.491 e. The summed E-state index contributed by atoms with van der Waals surface area (Å²) in [6.07, 6.45) is -2.71. The van der Waals surface area contributed by atoms with Gasteiger partial charge in [-0.1, -0.05) is 18.2 Å². The molecule has 4 rings (SSSR count). The normalized spacial score (nSPS) is 14.4. The van der Waals surface area contributed by atoms with Crippen LogP contribution in [-0.4, -0.2) is 29.3 Å². The van der Waals surface area contributed by atoms with Crippen LogP contribution in [0.25, 0.3) is 10.9 Å². The molecule has 35 heavy (non-hydrogen) atoms. The third kappa shape index (κ3) is 5.95. The second kappa shape index (κ2) is 9.52. The summed E-state index contributed by atoms with van der Waals surface area (Å²) in [4.78, 5) is 8.32. The van der Waals surface area contributed by atoms with Gasteiger partial charge in [-0.25, -0.2) is 23.1 Å². The number of nitrogens with zero attached hydrogens (tertiary/aromatic N) is 2. The van der Waals surface area contributed by atoms with E-state index in [1.807, 2.05) is 0 Å². The van der Waals surface area contributed by atoms with Gasteiger partial charge >= 0.3 is 6.18 Å². The molecule has 0 spiro atoms. The summed E-state index contributed by atoms with van der Waals surface area (Å²) in [5.74, 6) is -4.57. The van der Waals surface area contributed by atoms with Crippen LogP contribution in [0.15, 0.2) is 30.3 Å². The fraction of sp³-hybridized carbons (Fsp3) is 0.417. The fourth-order valence-corrected chi connectivity index (χ4v) is 3.58. The lowest BCUT2D eigenvalue weighted by molar-refractivity contribution is -0.139. The summed E-state index contributed by atoms with van der Waals surface area (Å²) in [6, 6.07) is 5.68. The molecule has 3 aromatic rings. The molecule has 0 radical (unpaired) electrons. The quantitative estimate of drug-likeness (QED) is 0.274. The van der Waals surface area contributed by atoms with Crippen LogP contribution in [0.3, 0.4) is 0 Å². The zero-order valence-electron chi connectivity index (χ0n) is 19.0. The highest BCUT2D eigenvalue weighted by molar-refractivity contribution is 5.91. The highest BCUT2D eigenvalue weighted by Gasteiger charge is 2.35. The monoisotopic (exact) mass is 499 g/mol. The number of hydrogen-bond acceptors (Lipinski definition) is 5. The Morgan fingerprint density at radius 1 is 1.03 bits per heavy atom. The van der Waals surface area contributed by atoms with Gasteiger partial charge in [-0.2, -0.15) is 13.2 Å². The van der Waals surface area contributed by atoms with Crippen LogP contribution in [0.1, 0.15) is 42.3 Å². The third-order valence-corrected chi connectivity index (χ3v) is 5.43. The molecule has 188 valence electrons. The molecular weight excluding hydrogens is 476 g/mol. The molecule has 1 heterocycles. The maximum Gasteiger partial charge on any atom is 0.420 e. The van der Waals surface area contributed by atoms with Crippen LogP contribution >= 0.6 is 0 Å². The van der Waals surface area contributed by atoms with Crippen molar-refractivity contribution in [2.24, 2.45) is 0 Å². The van der Waals surface area contributed by atoms with Crippen LogP contribution in [0.4, 0.5) is 32.2 Å². The van der Waals surface area contributed by atoms with E-state index in [-0.39, 0.29) is 54.0 Å². The molecule has 0 atom stereocenters.